The van der Waals surface area contributed by atoms with Crippen molar-refractivity contribution in [3.8, 4) is 5.75 Å². The molecule has 0 spiro atoms. The molecule has 1 aliphatic rings. The van der Waals surface area contributed by atoms with Gasteiger partial charge in [-0.25, -0.2) is 0 Å². The van der Waals surface area contributed by atoms with Crippen LogP contribution < -0.4 is 4.74 Å². The summed E-state index contributed by atoms with van der Waals surface area (Å²) in [5.74, 6) is 0.773. The Morgan fingerprint density at radius 1 is 1.29 bits per heavy atom. The quantitative estimate of drug-likeness (QED) is 0.808. The van der Waals surface area contributed by atoms with Crippen molar-refractivity contribution in [2.45, 2.75) is 38.7 Å². The summed E-state index contributed by atoms with van der Waals surface area (Å²) >= 11 is 0. The smallest absolute Gasteiger partial charge is 0.125 e. The number of methoxy groups -OCH3 is 1. The van der Waals surface area contributed by atoms with Crippen molar-refractivity contribution in [2.75, 3.05) is 7.11 Å². The maximum Gasteiger partial charge on any atom is 0.125 e. The van der Waals surface area contributed by atoms with Gasteiger partial charge in [-0.15, -0.1) is 0 Å². The summed E-state index contributed by atoms with van der Waals surface area (Å²) in [6.45, 7) is 2.03. The van der Waals surface area contributed by atoms with E-state index >= 15 is 0 Å². The molecule has 2 rings (SSSR count). The summed E-state index contributed by atoms with van der Waals surface area (Å²) in [4.78, 5) is 0. The van der Waals surface area contributed by atoms with Crippen LogP contribution in [0.5, 0.6) is 5.75 Å². The van der Waals surface area contributed by atoms with E-state index in [9.17, 15) is 5.11 Å². The van der Waals surface area contributed by atoms with Gasteiger partial charge in [0.25, 0.3) is 0 Å². The first-order chi connectivity index (χ1) is 8.22. The van der Waals surface area contributed by atoms with Crippen LogP contribution in [0.3, 0.4) is 0 Å². The highest BCUT2D eigenvalue weighted by molar-refractivity contribution is 5.41. The second-order valence-electron chi connectivity index (χ2n) is 4.67. The van der Waals surface area contributed by atoms with E-state index in [1.54, 1.807) is 7.11 Å². The average Bonchev–Trinajstić information content (AvgIpc) is 2.39. The van der Waals surface area contributed by atoms with Crippen molar-refractivity contribution in [1.82, 2.24) is 0 Å². The van der Waals surface area contributed by atoms with Crippen LogP contribution in [0, 0.1) is 6.92 Å². The number of hydrogen-bond acceptors (Lipinski definition) is 2. The Labute approximate surface area is 103 Å². The molecule has 0 heterocycles. The fourth-order valence-electron chi connectivity index (χ4n) is 2.38. The lowest BCUT2D eigenvalue weighted by atomic mass is 9.91. The largest absolute Gasteiger partial charge is 0.496 e. The Morgan fingerprint density at radius 3 is 2.76 bits per heavy atom. The van der Waals surface area contributed by atoms with Gasteiger partial charge in [0, 0.05) is 5.56 Å². The molecule has 1 unspecified atom stereocenters. The Balaban J connectivity index is 2.31. The van der Waals surface area contributed by atoms with Gasteiger partial charge in [-0.05, 0) is 50.3 Å². The second-order valence-corrected chi connectivity index (χ2v) is 4.67. The lowest BCUT2D eigenvalue weighted by molar-refractivity contribution is 0.203. The van der Waals surface area contributed by atoms with Gasteiger partial charge in [0.1, 0.15) is 11.9 Å². The molecule has 0 bridgehead atoms. The molecule has 0 fully saturated rings. The molecule has 1 atom stereocenters. The minimum atomic E-state index is -0.509. The molecule has 0 radical (unpaired) electrons. The van der Waals surface area contributed by atoms with Gasteiger partial charge < -0.3 is 9.84 Å². The van der Waals surface area contributed by atoms with E-state index in [1.807, 2.05) is 25.1 Å². The summed E-state index contributed by atoms with van der Waals surface area (Å²) < 4.78 is 5.33. The van der Waals surface area contributed by atoms with Crippen LogP contribution in [0.25, 0.3) is 0 Å². The van der Waals surface area contributed by atoms with Crippen LogP contribution in [-0.4, -0.2) is 12.2 Å². The summed E-state index contributed by atoms with van der Waals surface area (Å²) in [6, 6.07) is 5.94. The lowest BCUT2D eigenvalue weighted by Crippen LogP contribution is -2.06. The fourth-order valence-corrected chi connectivity index (χ4v) is 2.38. The fraction of sp³-hybridized carbons (Fsp3) is 0.467. The third kappa shape index (κ3) is 2.70. The normalized spacial score (nSPS) is 17.5. The molecule has 0 amide bonds. The van der Waals surface area contributed by atoms with Gasteiger partial charge in [0.2, 0.25) is 0 Å². The molecule has 17 heavy (non-hydrogen) atoms. The Hall–Kier alpha value is -1.28. The molecular formula is C15H20O2. The number of allylic oxidation sites excluding steroid dienone is 1. The van der Waals surface area contributed by atoms with Gasteiger partial charge in [-0.1, -0.05) is 17.7 Å². The van der Waals surface area contributed by atoms with Crippen molar-refractivity contribution < 1.29 is 9.84 Å². The van der Waals surface area contributed by atoms with E-state index < -0.39 is 6.10 Å². The van der Waals surface area contributed by atoms with Gasteiger partial charge in [0.15, 0.2) is 0 Å². The Kier molecular flexibility index (Phi) is 3.85. The molecule has 2 heteroatoms. The standard InChI is InChI=1S/C15H20O2/c1-11-8-9-14(17-2)13(10-11)15(16)12-6-4-3-5-7-12/h6,8-10,15-16H,3-5,7H2,1-2H3. The minimum Gasteiger partial charge on any atom is -0.496 e. The molecule has 2 nitrogen and oxygen atoms in total. The third-order valence-corrected chi connectivity index (χ3v) is 3.36. The molecule has 1 aromatic carbocycles. The van der Waals surface area contributed by atoms with Gasteiger partial charge >= 0.3 is 0 Å². The molecule has 1 aliphatic carbocycles. The van der Waals surface area contributed by atoms with E-state index in [1.165, 1.54) is 12.8 Å². The van der Waals surface area contributed by atoms with Gasteiger partial charge in [-0.2, -0.15) is 0 Å². The Morgan fingerprint density at radius 2 is 2.12 bits per heavy atom. The summed E-state index contributed by atoms with van der Waals surface area (Å²) in [6.07, 6.45) is 6.16. The SMILES string of the molecule is COc1ccc(C)cc1C(O)C1=CCCCC1. The first-order valence-electron chi connectivity index (χ1n) is 6.24. The zero-order valence-electron chi connectivity index (χ0n) is 10.6. The van der Waals surface area contributed by atoms with Crippen LogP contribution in [-0.2, 0) is 0 Å². The first kappa shape index (κ1) is 12.2. The van der Waals surface area contributed by atoms with Crippen molar-refractivity contribution in [3.05, 3.63) is 41.0 Å². The number of aliphatic hydroxyl groups is 1. The van der Waals surface area contributed by atoms with Crippen LogP contribution in [0.15, 0.2) is 29.8 Å². The van der Waals surface area contributed by atoms with Crippen molar-refractivity contribution in [3.63, 3.8) is 0 Å². The molecule has 0 saturated heterocycles. The summed E-state index contributed by atoms with van der Waals surface area (Å²) in [5.41, 5.74) is 3.18. The summed E-state index contributed by atoms with van der Waals surface area (Å²) in [7, 11) is 1.65. The maximum atomic E-state index is 10.4. The number of rotatable bonds is 3. The van der Waals surface area contributed by atoms with Crippen molar-refractivity contribution >= 4 is 0 Å². The van der Waals surface area contributed by atoms with Crippen LogP contribution >= 0.6 is 0 Å². The van der Waals surface area contributed by atoms with Gasteiger partial charge in [-0.3, -0.25) is 0 Å². The third-order valence-electron chi connectivity index (χ3n) is 3.36. The highest BCUT2D eigenvalue weighted by atomic mass is 16.5. The molecular weight excluding hydrogens is 212 g/mol. The summed E-state index contributed by atoms with van der Waals surface area (Å²) in [5, 5.41) is 10.4. The monoisotopic (exact) mass is 232 g/mol. The Bertz CT molecular complexity index is 421. The maximum absolute atomic E-state index is 10.4. The van der Waals surface area contributed by atoms with E-state index in [2.05, 4.69) is 6.08 Å². The number of aryl methyl sites for hydroxylation is 1. The number of aliphatic hydroxyl groups excluding tert-OH is 1. The molecule has 0 aromatic heterocycles. The second kappa shape index (κ2) is 5.37. The predicted octanol–water partition coefficient (Wildman–Crippen LogP) is 3.54. The number of hydrogen-bond donors (Lipinski definition) is 1. The molecule has 1 aromatic rings. The molecule has 92 valence electrons. The zero-order chi connectivity index (χ0) is 12.3. The van der Waals surface area contributed by atoms with Crippen molar-refractivity contribution in [2.24, 2.45) is 0 Å². The zero-order valence-corrected chi connectivity index (χ0v) is 10.6. The lowest BCUT2D eigenvalue weighted by Gasteiger charge is -2.21. The first-order valence-corrected chi connectivity index (χ1v) is 6.24. The van der Waals surface area contributed by atoms with E-state index in [-0.39, 0.29) is 0 Å². The average molecular weight is 232 g/mol. The van der Waals surface area contributed by atoms with Crippen LogP contribution in [0.2, 0.25) is 0 Å². The topological polar surface area (TPSA) is 29.5 Å². The molecule has 0 saturated carbocycles. The predicted molar refractivity (Wildman–Crippen MR) is 69.2 cm³/mol. The molecule has 1 N–H and O–H groups in total. The van der Waals surface area contributed by atoms with Crippen LogP contribution in [0.1, 0.15) is 42.9 Å². The minimum absolute atomic E-state index is 0.509. The van der Waals surface area contributed by atoms with E-state index in [0.29, 0.717) is 0 Å². The number of benzene rings is 1. The van der Waals surface area contributed by atoms with Gasteiger partial charge in [0.05, 0.1) is 7.11 Å². The molecule has 0 aliphatic heterocycles. The number of ether oxygens (including phenoxy) is 1. The highest BCUT2D eigenvalue weighted by Crippen LogP contribution is 2.34. The van der Waals surface area contributed by atoms with Crippen LogP contribution in [0.4, 0.5) is 0 Å². The van der Waals surface area contributed by atoms with Crippen molar-refractivity contribution in [1.29, 1.82) is 0 Å². The van der Waals surface area contributed by atoms with E-state index in [4.69, 9.17) is 4.74 Å². The van der Waals surface area contributed by atoms with E-state index in [0.717, 1.165) is 35.3 Å². The highest BCUT2D eigenvalue weighted by Gasteiger charge is 2.19.